The summed E-state index contributed by atoms with van der Waals surface area (Å²) in [5.41, 5.74) is -0.256. The average molecular weight is 263 g/mol. The highest BCUT2D eigenvalue weighted by Crippen LogP contribution is 2.34. The number of rotatable bonds is 4. The Balaban J connectivity index is 1.96. The number of hydrogen-bond donors (Lipinski definition) is 1. The zero-order valence-corrected chi connectivity index (χ0v) is 12.8. The Bertz CT molecular complexity index is 329. The van der Waals surface area contributed by atoms with Crippen LogP contribution in [0, 0.1) is 23.2 Å². The Morgan fingerprint density at radius 3 is 2.79 bits per heavy atom. The average Bonchev–Trinajstić information content (AvgIpc) is 2.89. The van der Waals surface area contributed by atoms with Crippen LogP contribution in [0.1, 0.15) is 52.9 Å². The van der Waals surface area contributed by atoms with Crippen LogP contribution in [-0.2, 0) is 0 Å². The highest BCUT2D eigenvalue weighted by atomic mass is 15.2. The van der Waals surface area contributed by atoms with Crippen molar-refractivity contribution in [2.24, 2.45) is 11.8 Å². The van der Waals surface area contributed by atoms with E-state index < -0.39 is 0 Å². The van der Waals surface area contributed by atoms with Crippen LogP contribution in [-0.4, -0.2) is 36.1 Å². The molecule has 2 aliphatic rings. The lowest BCUT2D eigenvalue weighted by atomic mass is 9.79. The lowest BCUT2D eigenvalue weighted by molar-refractivity contribution is 0.137. The monoisotopic (exact) mass is 263 g/mol. The molecule has 0 aromatic rings. The zero-order valence-electron chi connectivity index (χ0n) is 12.8. The summed E-state index contributed by atoms with van der Waals surface area (Å²) in [6.45, 7) is 10.2. The summed E-state index contributed by atoms with van der Waals surface area (Å²) in [6, 6.07) is 3.19. The van der Waals surface area contributed by atoms with Crippen molar-refractivity contribution in [2.45, 2.75) is 64.5 Å². The Morgan fingerprint density at radius 2 is 2.21 bits per heavy atom. The molecule has 3 atom stereocenters. The van der Waals surface area contributed by atoms with Gasteiger partial charge in [0.25, 0.3) is 0 Å². The third kappa shape index (κ3) is 3.30. The Morgan fingerprint density at radius 1 is 1.42 bits per heavy atom. The molecule has 0 spiro atoms. The van der Waals surface area contributed by atoms with Gasteiger partial charge in [0.2, 0.25) is 0 Å². The van der Waals surface area contributed by atoms with Crippen LogP contribution in [0.2, 0.25) is 0 Å². The second-order valence-electron chi connectivity index (χ2n) is 6.76. The summed E-state index contributed by atoms with van der Waals surface area (Å²) in [6.07, 6.45) is 5.85. The minimum absolute atomic E-state index is 0.256. The Labute approximate surface area is 118 Å². The second kappa shape index (κ2) is 6.24. The predicted molar refractivity (Wildman–Crippen MR) is 78.8 cm³/mol. The number of nitriles is 1. The van der Waals surface area contributed by atoms with Crippen molar-refractivity contribution in [3.63, 3.8) is 0 Å². The van der Waals surface area contributed by atoms with Crippen LogP contribution in [0.5, 0.6) is 0 Å². The molecule has 0 aromatic carbocycles. The number of likely N-dealkylation sites (tertiary alicyclic amines) is 1. The molecule has 1 saturated heterocycles. The van der Waals surface area contributed by atoms with E-state index in [0.29, 0.717) is 6.04 Å². The topological polar surface area (TPSA) is 39.1 Å². The van der Waals surface area contributed by atoms with Crippen LogP contribution in [0.3, 0.4) is 0 Å². The van der Waals surface area contributed by atoms with E-state index in [-0.39, 0.29) is 5.54 Å². The van der Waals surface area contributed by atoms with Gasteiger partial charge in [0, 0.05) is 12.6 Å². The van der Waals surface area contributed by atoms with Crippen molar-refractivity contribution >= 4 is 0 Å². The van der Waals surface area contributed by atoms with E-state index in [9.17, 15) is 5.26 Å². The van der Waals surface area contributed by atoms with Crippen LogP contribution in [0.4, 0.5) is 0 Å². The van der Waals surface area contributed by atoms with Gasteiger partial charge in [-0.15, -0.1) is 0 Å². The molecule has 2 fully saturated rings. The second-order valence-corrected chi connectivity index (χ2v) is 6.76. The molecule has 1 aliphatic heterocycles. The molecule has 2 rings (SSSR count). The van der Waals surface area contributed by atoms with Crippen LogP contribution in [0.25, 0.3) is 0 Å². The minimum Gasteiger partial charge on any atom is -0.300 e. The smallest absolute Gasteiger partial charge is 0.108 e. The SMILES string of the molecule is CCNC1(C#N)CCCC(N2CCC(C(C)C)C2)C1. The molecule has 1 N–H and O–H groups in total. The van der Waals surface area contributed by atoms with Crippen molar-refractivity contribution in [1.29, 1.82) is 5.26 Å². The van der Waals surface area contributed by atoms with Gasteiger partial charge in [-0.05, 0) is 57.0 Å². The summed E-state index contributed by atoms with van der Waals surface area (Å²) >= 11 is 0. The summed E-state index contributed by atoms with van der Waals surface area (Å²) in [5.74, 6) is 1.65. The van der Waals surface area contributed by atoms with Gasteiger partial charge in [-0.1, -0.05) is 20.8 Å². The maximum absolute atomic E-state index is 9.54. The molecule has 1 saturated carbocycles. The van der Waals surface area contributed by atoms with E-state index >= 15 is 0 Å². The number of nitrogens with one attached hydrogen (secondary N) is 1. The maximum atomic E-state index is 9.54. The minimum atomic E-state index is -0.256. The molecule has 3 heteroatoms. The Hall–Kier alpha value is -0.590. The molecule has 1 aliphatic carbocycles. The van der Waals surface area contributed by atoms with Gasteiger partial charge >= 0.3 is 0 Å². The van der Waals surface area contributed by atoms with Gasteiger partial charge < -0.3 is 0 Å². The van der Waals surface area contributed by atoms with Gasteiger partial charge in [0.1, 0.15) is 5.54 Å². The summed E-state index contributed by atoms with van der Waals surface area (Å²) in [5, 5.41) is 13.0. The first-order valence-corrected chi connectivity index (χ1v) is 8.00. The van der Waals surface area contributed by atoms with Crippen molar-refractivity contribution in [2.75, 3.05) is 19.6 Å². The molecule has 0 bridgehead atoms. The summed E-state index contributed by atoms with van der Waals surface area (Å²) in [4.78, 5) is 2.66. The standard InChI is InChI=1S/C16H29N3/c1-4-18-16(12-17)8-5-6-15(10-16)19-9-7-14(11-19)13(2)3/h13-15,18H,4-11H2,1-3H3. The summed E-state index contributed by atoms with van der Waals surface area (Å²) in [7, 11) is 0. The van der Waals surface area contributed by atoms with Crippen LogP contribution >= 0.6 is 0 Å². The predicted octanol–water partition coefficient (Wildman–Crippen LogP) is 2.78. The molecule has 19 heavy (non-hydrogen) atoms. The lowest BCUT2D eigenvalue weighted by Gasteiger charge is -2.40. The van der Waals surface area contributed by atoms with Gasteiger partial charge in [-0.3, -0.25) is 10.2 Å². The van der Waals surface area contributed by atoms with E-state index in [0.717, 1.165) is 31.2 Å². The number of nitrogens with zero attached hydrogens (tertiary/aromatic N) is 2. The van der Waals surface area contributed by atoms with Crippen LogP contribution < -0.4 is 5.32 Å². The van der Waals surface area contributed by atoms with Crippen molar-refractivity contribution < 1.29 is 0 Å². The van der Waals surface area contributed by atoms with Crippen molar-refractivity contribution in [1.82, 2.24) is 10.2 Å². The first-order chi connectivity index (χ1) is 9.10. The van der Waals surface area contributed by atoms with E-state index in [2.05, 4.69) is 37.1 Å². The van der Waals surface area contributed by atoms with E-state index in [1.807, 2.05) is 0 Å². The van der Waals surface area contributed by atoms with Crippen molar-refractivity contribution in [3.8, 4) is 6.07 Å². The van der Waals surface area contributed by atoms with E-state index in [1.54, 1.807) is 0 Å². The fraction of sp³-hybridized carbons (Fsp3) is 0.938. The largest absolute Gasteiger partial charge is 0.300 e. The normalized spacial score (nSPS) is 36.6. The molecule has 3 nitrogen and oxygen atoms in total. The lowest BCUT2D eigenvalue weighted by Crippen LogP contribution is -2.52. The highest BCUT2D eigenvalue weighted by molar-refractivity contribution is 5.11. The van der Waals surface area contributed by atoms with Gasteiger partial charge in [-0.25, -0.2) is 0 Å². The molecule has 0 amide bonds. The van der Waals surface area contributed by atoms with E-state index in [1.165, 1.54) is 32.4 Å². The fourth-order valence-electron chi connectivity index (χ4n) is 3.89. The molecular weight excluding hydrogens is 234 g/mol. The molecule has 3 unspecified atom stereocenters. The summed E-state index contributed by atoms with van der Waals surface area (Å²) < 4.78 is 0. The van der Waals surface area contributed by atoms with Crippen LogP contribution in [0.15, 0.2) is 0 Å². The van der Waals surface area contributed by atoms with Gasteiger partial charge in [-0.2, -0.15) is 5.26 Å². The van der Waals surface area contributed by atoms with E-state index in [4.69, 9.17) is 0 Å². The van der Waals surface area contributed by atoms with Gasteiger partial charge in [0.15, 0.2) is 0 Å². The first-order valence-electron chi connectivity index (χ1n) is 8.00. The maximum Gasteiger partial charge on any atom is 0.108 e. The quantitative estimate of drug-likeness (QED) is 0.847. The number of hydrogen-bond acceptors (Lipinski definition) is 3. The molecule has 1 heterocycles. The Kier molecular flexibility index (Phi) is 4.86. The highest BCUT2D eigenvalue weighted by Gasteiger charge is 2.40. The molecule has 0 radical (unpaired) electrons. The first kappa shape index (κ1) is 14.8. The van der Waals surface area contributed by atoms with Crippen molar-refractivity contribution in [3.05, 3.63) is 0 Å². The fourth-order valence-corrected chi connectivity index (χ4v) is 3.89. The molecular formula is C16H29N3. The zero-order chi connectivity index (χ0) is 13.9. The third-order valence-electron chi connectivity index (χ3n) is 5.17. The molecule has 0 aromatic heterocycles. The third-order valence-corrected chi connectivity index (χ3v) is 5.17. The van der Waals surface area contributed by atoms with Gasteiger partial charge in [0.05, 0.1) is 6.07 Å². The molecule has 108 valence electrons.